The highest BCUT2D eigenvalue weighted by Crippen LogP contribution is 2.35. The lowest BCUT2D eigenvalue weighted by Crippen LogP contribution is -1.95. The molecule has 0 radical (unpaired) electrons. The Kier molecular flexibility index (Phi) is 3.62. The third kappa shape index (κ3) is 2.51. The molecule has 94 valence electrons. The van der Waals surface area contributed by atoms with E-state index >= 15 is 0 Å². The molecule has 0 amide bonds. The van der Waals surface area contributed by atoms with Gasteiger partial charge in [0, 0.05) is 5.69 Å². The zero-order valence-electron chi connectivity index (χ0n) is 10.8. The van der Waals surface area contributed by atoms with Gasteiger partial charge in [0.15, 0.2) is 0 Å². The number of hydrogen-bond donors (Lipinski definition) is 1. The first-order chi connectivity index (χ1) is 8.49. The molecule has 2 N–H and O–H groups in total. The van der Waals surface area contributed by atoms with Crippen molar-refractivity contribution in [3.05, 3.63) is 51.5 Å². The molecule has 0 saturated carbocycles. The van der Waals surface area contributed by atoms with E-state index in [9.17, 15) is 0 Å². The van der Waals surface area contributed by atoms with Crippen molar-refractivity contribution in [2.45, 2.75) is 20.8 Å². The van der Waals surface area contributed by atoms with Crippen LogP contribution >= 0.6 is 15.9 Å². The Bertz CT molecular complexity index is 573. The van der Waals surface area contributed by atoms with E-state index in [1.54, 1.807) is 0 Å². The molecule has 0 aromatic heterocycles. The summed E-state index contributed by atoms with van der Waals surface area (Å²) in [5.74, 6) is 1.70. The van der Waals surface area contributed by atoms with Crippen LogP contribution in [0.2, 0.25) is 0 Å². The maximum absolute atomic E-state index is 6.00. The van der Waals surface area contributed by atoms with Crippen LogP contribution in [0.15, 0.2) is 34.8 Å². The summed E-state index contributed by atoms with van der Waals surface area (Å²) in [4.78, 5) is 0. The van der Waals surface area contributed by atoms with Crippen LogP contribution in [0.5, 0.6) is 11.5 Å². The Hall–Kier alpha value is -1.48. The predicted octanol–water partition coefficient (Wildman–Crippen LogP) is 4.75. The zero-order chi connectivity index (χ0) is 13.3. The minimum atomic E-state index is 0.760. The van der Waals surface area contributed by atoms with E-state index < -0.39 is 0 Å². The summed E-state index contributed by atoms with van der Waals surface area (Å²) in [6, 6.07) is 9.94. The number of para-hydroxylation sites is 1. The number of nitrogens with two attached hydrogens (primary N) is 1. The maximum Gasteiger partial charge on any atom is 0.142 e. The standard InChI is InChI=1S/C15H16BrNO/c1-9-5-4-6-10(2)15(9)18-14-7-11(3)13(17)8-12(14)16/h4-8H,17H2,1-3H3. The van der Waals surface area contributed by atoms with Gasteiger partial charge in [0.25, 0.3) is 0 Å². The fourth-order valence-corrected chi connectivity index (χ4v) is 2.26. The minimum Gasteiger partial charge on any atom is -0.456 e. The molecule has 0 aliphatic carbocycles. The van der Waals surface area contributed by atoms with Gasteiger partial charge in [-0.3, -0.25) is 0 Å². The normalized spacial score (nSPS) is 10.4. The highest BCUT2D eigenvalue weighted by molar-refractivity contribution is 9.10. The minimum absolute atomic E-state index is 0.760. The molecule has 2 nitrogen and oxygen atoms in total. The van der Waals surface area contributed by atoms with Crippen LogP contribution in [-0.2, 0) is 0 Å². The second-order valence-electron chi connectivity index (χ2n) is 4.46. The predicted molar refractivity (Wildman–Crippen MR) is 79.3 cm³/mol. The first-order valence-electron chi connectivity index (χ1n) is 5.78. The Labute approximate surface area is 116 Å². The highest BCUT2D eigenvalue weighted by Gasteiger charge is 2.09. The molecular formula is C15H16BrNO. The first kappa shape index (κ1) is 13.0. The quantitative estimate of drug-likeness (QED) is 0.813. The van der Waals surface area contributed by atoms with Crippen molar-refractivity contribution >= 4 is 21.6 Å². The van der Waals surface area contributed by atoms with Gasteiger partial charge in [-0.2, -0.15) is 0 Å². The summed E-state index contributed by atoms with van der Waals surface area (Å²) < 4.78 is 6.87. The van der Waals surface area contributed by atoms with Crippen LogP contribution in [0.4, 0.5) is 5.69 Å². The van der Waals surface area contributed by atoms with Crippen LogP contribution in [0, 0.1) is 20.8 Å². The lowest BCUT2D eigenvalue weighted by Gasteiger charge is -2.14. The second-order valence-corrected chi connectivity index (χ2v) is 5.32. The van der Waals surface area contributed by atoms with E-state index in [-0.39, 0.29) is 0 Å². The van der Waals surface area contributed by atoms with Gasteiger partial charge in [0.05, 0.1) is 4.47 Å². The van der Waals surface area contributed by atoms with Crippen molar-refractivity contribution < 1.29 is 4.74 Å². The van der Waals surface area contributed by atoms with Gasteiger partial charge in [0.1, 0.15) is 11.5 Å². The van der Waals surface area contributed by atoms with Crippen LogP contribution in [-0.4, -0.2) is 0 Å². The third-order valence-corrected chi connectivity index (χ3v) is 3.56. The van der Waals surface area contributed by atoms with Gasteiger partial charge in [-0.1, -0.05) is 18.2 Å². The molecule has 18 heavy (non-hydrogen) atoms. The number of anilines is 1. The molecule has 0 aliphatic rings. The molecule has 0 bridgehead atoms. The smallest absolute Gasteiger partial charge is 0.142 e. The van der Waals surface area contributed by atoms with Gasteiger partial charge in [-0.25, -0.2) is 0 Å². The molecule has 2 aromatic carbocycles. The molecule has 0 spiro atoms. The van der Waals surface area contributed by atoms with E-state index in [1.165, 1.54) is 0 Å². The van der Waals surface area contributed by atoms with Crippen LogP contribution in [0.25, 0.3) is 0 Å². The number of ether oxygens (including phenoxy) is 1. The van der Waals surface area contributed by atoms with Crippen LogP contribution in [0.3, 0.4) is 0 Å². The Morgan fingerprint density at radius 1 is 1.00 bits per heavy atom. The molecule has 2 rings (SSSR count). The van der Waals surface area contributed by atoms with Gasteiger partial charge < -0.3 is 10.5 Å². The van der Waals surface area contributed by atoms with Crippen molar-refractivity contribution in [1.82, 2.24) is 0 Å². The summed E-state index contributed by atoms with van der Waals surface area (Å²) in [5, 5.41) is 0. The fourth-order valence-electron chi connectivity index (χ4n) is 1.82. The number of rotatable bonds is 2. The van der Waals surface area contributed by atoms with Crippen LogP contribution < -0.4 is 10.5 Å². The SMILES string of the molecule is Cc1cc(Oc2c(C)cccc2C)c(Br)cc1N. The summed E-state index contributed by atoms with van der Waals surface area (Å²) in [6.45, 7) is 6.06. The van der Waals surface area contributed by atoms with E-state index in [4.69, 9.17) is 10.5 Å². The zero-order valence-corrected chi connectivity index (χ0v) is 12.3. The van der Waals surface area contributed by atoms with Gasteiger partial charge >= 0.3 is 0 Å². The molecule has 2 aromatic rings. The summed E-state index contributed by atoms with van der Waals surface area (Å²) in [6.07, 6.45) is 0. The van der Waals surface area contributed by atoms with E-state index in [2.05, 4.69) is 15.9 Å². The third-order valence-electron chi connectivity index (χ3n) is 2.94. The van der Waals surface area contributed by atoms with Crippen LogP contribution in [0.1, 0.15) is 16.7 Å². The molecular weight excluding hydrogens is 290 g/mol. The average molecular weight is 306 g/mol. The molecule has 0 heterocycles. The number of aryl methyl sites for hydroxylation is 3. The monoisotopic (exact) mass is 305 g/mol. The van der Waals surface area contributed by atoms with E-state index in [0.29, 0.717) is 0 Å². The largest absolute Gasteiger partial charge is 0.456 e. The number of halogens is 1. The average Bonchev–Trinajstić information content (AvgIpc) is 2.30. The lowest BCUT2D eigenvalue weighted by molar-refractivity contribution is 0.472. The summed E-state index contributed by atoms with van der Waals surface area (Å²) in [5.41, 5.74) is 9.87. The highest BCUT2D eigenvalue weighted by atomic mass is 79.9. The first-order valence-corrected chi connectivity index (χ1v) is 6.58. The second kappa shape index (κ2) is 5.02. The lowest BCUT2D eigenvalue weighted by atomic mass is 10.1. The van der Waals surface area contributed by atoms with Crippen molar-refractivity contribution in [3.8, 4) is 11.5 Å². The molecule has 0 fully saturated rings. The Morgan fingerprint density at radius 3 is 2.22 bits per heavy atom. The Morgan fingerprint density at radius 2 is 1.61 bits per heavy atom. The fraction of sp³-hybridized carbons (Fsp3) is 0.200. The van der Waals surface area contributed by atoms with Crippen molar-refractivity contribution in [3.63, 3.8) is 0 Å². The number of nitrogen functional groups attached to an aromatic ring is 1. The molecule has 0 saturated heterocycles. The summed E-state index contributed by atoms with van der Waals surface area (Å²) in [7, 11) is 0. The van der Waals surface area contributed by atoms with Gasteiger partial charge in [-0.15, -0.1) is 0 Å². The van der Waals surface area contributed by atoms with E-state index in [0.717, 1.165) is 38.3 Å². The number of hydrogen-bond acceptors (Lipinski definition) is 2. The van der Waals surface area contributed by atoms with Crippen molar-refractivity contribution in [2.75, 3.05) is 5.73 Å². The van der Waals surface area contributed by atoms with E-state index in [1.807, 2.05) is 51.1 Å². The maximum atomic E-state index is 6.00. The Balaban J connectivity index is 2.43. The number of benzene rings is 2. The molecule has 3 heteroatoms. The van der Waals surface area contributed by atoms with Crippen molar-refractivity contribution in [2.24, 2.45) is 0 Å². The molecule has 0 aliphatic heterocycles. The van der Waals surface area contributed by atoms with Gasteiger partial charge in [0.2, 0.25) is 0 Å². The topological polar surface area (TPSA) is 35.2 Å². The summed E-state index contributed by atoms with van der Waals surface area (Å²) >= 11 is 3.48. The molecule has 0 atom stereocenters. The molecule has 0 unspecified atom stereocenters. The van der Waals surface area contributed by atoms with Crippen molar-refractivity contribution in [1.29, 1.82) is 0 Å². The van der Waals surface area contributed by atoms with Gasteiger partial charge in [-0.05, 0) is 65.5 Å².